The number of carbonyl (C=O) groups is 1. The van der Waals surface area contributed by atoms with Crippen LogP contribution in [0.3, 0.4) is 0 Å². The number of nitrogens with two attached hydrogens (primary N) is 1. The number of rotatable bonds is 6. The van der Waals surface area contributed by atoms with Crippen LogP contribution in [0.5, 0.6) is 0 Å². The fourth-order valence-corrected chi connectivity index (χ4v) is 3.62. The van der Waals surface area contributed by atoms with E-state index in [9.17, 15) is 4.79 Å². The lowest BCUT2D eigenvalue weighted by atomic mass is 9.98. The van der Waals surface area contributed by atoms with Gasteiger partial charge in [-0.1, -0.05) is 18.2 Å². The van der Waals surface area contributed by atoms with Crippen molar-refractivity contribution in [3.63, 3.8) is 0 Å². The number of carbonyl (C=O) groups excluding carboxylic acids is 1. The van der Waals surface area contributed by atoms with Crippen LogP contribution < -0.4 is 5.73 Å². The van der Waals surface area contributed by atoms with E-state index in [-0.39, 0.29) is 11.9 Å². The Morgan fingerprint density at radius 1 is 1.10 bits per heavy atom. The topological polar surface area (TPSA) is 112 Å². The Kier molecular flexibility index (Phi) is 6.84. The molecule has 0 unspecified atom stereocenters. The molecule has 0 amide bonds. The van der Waals surface area contributed by atoms with Crippen molar-refractivity contribution < 1.29 is 14.3 Å². The molecule has 0 bridgehead atoms. The summed E-state index contributed by atoms with van der Waals surface area (Å²) in [5.41, 5.74) is 9.29. The van der Waals surface area contributed by atoms with Gasteiger partial charge in [-0.15, -0.1) is 0 Å². The summed E-state index contributed by atoms with van der Waals surface area (Å²) in [5.74, 6) is 0.184. The molecule has 1 aliphatic heterocycles. The molecule has 0 atom stereocenters. The number of likely N-dealkylation sites (tertiary alicyclic amines) is 1. The summed E-state index contributed by atoms with van der Waals surface area (Å²) in [6.45, 7) is 3.84. The second-order valence-electron chi connectivity index (χ2n) is 7.49. The highest BCUT2D eigenvalue weighted by molar-refractivity contribution is 5.96. The number of methoxy groups -OCH3 is 1. The number of nitrogen functional groups attached to an aromatic ring is 1. The highest BCUT2D eigenvalue weighted by atomic mass is 16.5. The number of amidine groups is 2. The number of nitrogens with zero attached hydrogens (tertiary/aromatic N) is 1. The molecule has 3 rings (SSSR count). The van der Waals surface area contributed by atoms with E-state index in [1.54, 1.807) is 18.2 Å². The molecular weight excluding hydrogens is 380 g/mol. The molecule has 1 heterocycles. The summed E-state index contributed by atoms with van der Waals surface area (Å²) in [6, 6.07) is 12.9. The lowest BCUT2D eigenvalue weighted by molar-refractivity contribution is 0.00819. The van der Waals surface area contributed by atoms with Crippen LogP contribution in [-0.4, -0.2) is 48.8 Å². The second-order valence-corrected chi connectivity index (χ2v) is 7.49. The number of hydrogen-bond donors (Lipinski definition) is 3. The Morgan fingerprint density at radius 3 is 2.43 bits per heavy atom. The van der Waals surface area contributed by atoms with Crippen LogP contribution in [0, 0.1) is 10.8 Å². The molecule has 7 heteroatoms. The van der Waals surface area contributed by atoms with E-state index in [4.69, 9.17) is 26.0 Å². The Balaban J connectivity index is 1.80. The van der Waals surface area contributed by atoms with Crippen molar-refractivity contribution in [1.29, 1.82) is 10.8 Å². The predicted octanol–water partition coefficient (Wildman–Crippen LogP) is 3.40. The molecule has 0 saturated carbocycles. The van der Waals surface area contributed by atoms with Crippen LogP contribution in [0.2, 0.25) is 0 Å². The van der Waals surface area contributed by atoms with Crippen molar-refractivity contribution in [2.24, 2.45) is 5.73 Å². The molecule has 2 aromatic rings. The first-order valence-corrected chi connectivity index (χ1v) is 9.96. The van der Waals surface area contributed by atoms with Gasteiger partial charge in [0.1, 0.15) is 5.84 Å². The molecule has 1 saturated heterocycles. The zero-order valence-electron chi connectivity index (χ0n) is 17.4. The molecule has 1 aliphatic rings. The van der Waals surface area contributed by atoms with Gasteiger partial charge in [-0.2, -0.15) is 0 Å². The smallest absolute Gasteiger partial charge is 0.337 e. The molecule has 158 valence electrons. The minimum absolute atomic E-state index is 0.00367. The van der Waals surface area contributed by atoms with Crippen molar-refractivity contribution in [3.05, 3.63) is 59.2 Å². The van der Waals surface area contributed by atoms with Crippen molar-refractivity contribution in [2.75, 3.05) is 20.2 Å². The van der Waals surface area contributed by atoms with Gasteiger partial charge < -0.3 is 20.1 Å². The van der Waals surface area contributed by atoms with Crippen LogP contribution in [0.1, 0.15) is 41.3 Å². The van der Waals surface area contributed by atoms with Crippen molar-refractivity contribution in [1.82, 2.24) is 4.90 Å². The number of ether oxygens (including phenoxy) is 2. The summed E-state index contributed by atoms with van der Waals surface area (Å²) in [6.07, 6.45) is 1.88. The van der Waals surface area contributed by atoms with Crippen molar-refractivity contribution in [2.45, 2.75) is 32.5 Å². The van der Waals surface area contributed by atoms with Crippen LogP contribution in [0.15, 0.2) is 42.5 Å². The lowest BCUT2D eigenvalue weighted by Gasteiger charge is -2.32. The van der Waals surface area contributed by atoms with E-state index in [0.29, 0.717) is 23.6 Å². The van der Waals surface area contributed by atoms with Gasteiger partial charge in [-0.3, -0.25) is 10.8 Å². The van der Waals surface area contributed by atoms with Gasteiger partial charge in [-0.25, -0.2) is 4.79 Å². The molecule has 1 fully saturated rings. The number of benzene rings is 2. The van der Waals surface area contributed by atoms with Gasteiger partial charge in [-0.05, 0) is 60.7 Å². The van der Waals surface area contributed by atoms with Crippen molar-refractivity contribution >= 4 is 17.6 Å². The Morgan fingerprint density at radius 2 is 1.80 bits per heavy atom. The number of piperidine rings is 1. The highest BCUT2D eigenvalue weighted by Gasteiger charge is 2.20. The highest BCUT2D eigenvalue weighted by Crippen LogP contribution is 2.25. The third-order valence-corrected chi connectivity index (χ3v) is 5.32. The minimum Gasteiger partial charge on any atom is -0.465 e. The summed E-state index contributed by atoms with van der Waals surface area (Å²) in [5, 5.41) is 15.4. The summed E-state index contributed by atoms with van der Waals surface area (Å²) < 4.78 is 11.0. The second kappa shape index (κ2) is 9.54. The van der Waals surface area contributed by atoms with E-state index in [1.165, 1.54) is 7.11 Å². The minimum atomic E-state index is -0.407. The first-order valence-electron chi connectivity index (χ1n) is 9.96. The van der Waals surface area contributed by atoms with E-state index >= 15 is 0 Å². The van der Waals surface area contributed by atoms with Crippen LogP contribution >= 0.6 is 0 Å². The summed E-state index contributed by atoms with van der Waals surface area (Å²) in [7, 11) is 1.36. The third-order valence-electron chi connectivity index (χ3n) is 5.32. The Bertz CT molecular complexity index is 949. The normalized spacial score (nSPS) is 14.4. The van der Waals surface area contributed by atoms with Crippen molar-refractivity contribution in [3.8, 4) is 11.1 Å². The largest absolute Gasteiger partial charge is 0.465 e. The van der Waals surface area contributed by atoms with Gasteiger partial charge in [0.25, 0.3) is 0 Å². The maximum atomic E-state index is 12.2. The third kappa shape index (κ3) is 5.24. The molecule has 0 radical (unpaired) electrons. The number of esters is 1. The average Bonchev–Trinajstić information content (AvgIpc) is 2.77. The quantitative estimate of drug-likeness (QED) is 0.385. The molecule has 4 N–H and O–H groups in total. The first kappa shape index (κ1) is 21.5. The number of nitrogens with one attached hydrogen (secondary N) is 2. The van der Waals surface area contributed by atoms with Gasteiger partial charge in [0.2, 0.25) is 0 Å². The van der Waals surface area contributed by atoms with E-state index < -0.39 is 5.97 Å². The van der Waals surface area contributed by atoms with Gasteiger partial charge in [0, 0.05) is 18.7 Å². The SMILES string of the molecule is COC(=O)c1cc(COC2CCN(C(C)=N)CC2)cc(-c2cccc(C(=N)N)c2)c1. The monoisotopic (exact) mass is 408 g/mol. The fourth-order valence-electron chi connectivity index (χ4n) is 3.62. The van der Waals surface area contributed by atoms with Gasteiger partial charge >= 0.3 is 5.97 Å². The van der Waals surface area contributed by atoms with E-state index in [1.807, 2.05) is 31.2 Å². The fraction of sp³-hybridized carbons (Fsp3) is 0.348. The summed E-state index contributed by atoms with van der Waals surface area (Å²) in [4.78, 5) is 14.2. The molecular formula is C23H28N4O3. The van der Waals surface area contributed by atoms with Crippen LogP contribution in [0.4, 0.5) is 0 Å². The molecule has 7 nitrogen and oxygen atoms in total. The first-order chi connectivity index (χ1) is 14.4. The van der Waals surface area contributed by atoms with E-state index in [2.05, 4.69) is 4.90 Å². The summed E-state index contributed by atoms with van der Waals surface area (Å²) >= 11 is 0. The van der Waals surface area contributed by atoms with E-state index in [0.717, 1.165) is 42.6 Å². The maximum Gasteiger partial charge on any atom is 0.337 e. The average molecular weight is 409 g/mol. The molecule has 0 aliphatic carbocycles. The zero-order valence-corrected chi connectivity index (χ0v) is 17.4. The Hall–Kier alpha value is -3.19. The van der Waals surface area contributed by atoms with Crippen LogP contribution in [0.25, 0.3) is 11.1 Å². The molecule has 0 spiro atoms. The number of hydrogen-bond acceptors (Lipinski definition) is 5. The lowest BCUT2D eigenvalue weighted by Crippen LogP contribution is -2.39. The molecule has 2 aromatic carbocycles. The van der Waals surface area contributed by atoms with Gasteiger partial charge in [0.15, 0.2) is 0 Å². The molecule has 30 heavy (non-hydrogen) atoms. The maximum absolute atomic E-state index is 12.2. The molecule has 0 aromatic heterocycles. The van der Waals surface area contributed by atoms with Gasteiger partial charge in [0.05, 0.1) is 31.2 Å². The predicted molar refractivity (Wildman–Crippen MR) is 117 cm³/mol. The zero-order chi connectivity index (χ0) is 21.7. The Labute approximate surface area is 176 Å². The standard InChI is InChI=1S/C23H28N4O3/c1-15(24)27-8-6-21(7-9-27)30-14-16-10-19(13-20(11-16)23(28)29-2)17-4-3-5-18(12-17)22(25)26/h3-5,10-13,21,24H,6-9,14H2,1-2H3,(H3,25,26). The van der Waals surface area contributed by atoms with Crippen LogP contribution in [-0.2, 0) is 16.1 Å².